The zero-order valence-electron chi connectivity index (χ0n) is 10.8. The minimum atomic E-state index is -0.390. The molecule has 1 amide bonds. The number of likely N-dealkylation sites (tertiary alicyclic amines) is 1. The van der Waals surface area contributed by atoms with Crippen molar-refractivity contribution in [2.75, 3.05) is 26.2 Å². The van der Waals surface area contributed by atoms with Gasteiger partial charge in [-0.3, -0.25) is 9.78 Å². The van der Waals surface area contributed by atoms with Crippen LogP contribution < -0.4 is 11.1 Å². The van der Waals surface area contributed by atoms with E-state index in [-0.39, 0.29) is 29.9 Å². The predicted octanol–water partition coefficient (Wildman–Crippen LogP) is 0.118. The van der Waals surface area contributed by atoms with Crippen molar-refractivity contribution in [1.82, 2.24) is 15.2 Å². The van der Waals surface area contributed by atoms with Gasteiger partial charge in [-0.1, -0.05) is 0 Å². The molecule has 0 unspecified atom stereocenters. The van der Waals surface area contributed by atoms with Gasteiger partial charge in [0.25, 0.3) is 0 Å². The first-order chi connectivity index (χ1) is 9.20. The molecule has 1 atom stereocenters. The highest BCUT2D eigenvalue weighted by Crippen LogP contribution is 2.15. The Bertz CT molecular complexity index is 440. The van der Waals surface area contributed by atoms with Crippen molar-refractivity contribution < 1.29 is 9.18 Å². The normalized spacial score (nSPS) is 19.6. The Kier molecular flexibility index (Phi) is 4.81. The molecule has 5 nitrogen and oxygen atoms in total. The maximum absolute atomic E-state index is 13.3. The minimum absolute atomic E-state index is 0.0293. The van der Waals surface area contributed by atoms with Crippen LogP contribution in [0.5, 0.6) is 0 Å². The van der Waals surface area contributed by atoms with Crippen molar-refractivity contribution in [3.63, 3.8) is 0 Å². The first-order valence-electron chi connectivity index (χ1n) is 6.50. The molecule has 1 aliphatic heterocycles. The summed E-state index contributed by atoms with van der Waals surface area (Å²) in [7, 11) is 0. The zero-order valence-corrected chi connectivity index (χ0v) is 10.8. The molecule has 0 aromatic carbocycles. The fourth-order valence-corrected chi connectivity index (χ4v) is 2.30. The summed E-state index contributed by atoms with van der Waals surface area (Å²) >= 11 is 0. The number of hydrogen-bond acceptors (Lipinski definition) is 4. The molecule has 19 heavy (non-hydrogen) atoms. The number of pyridine rings is 1. The third-order valence-corrected chi connectivity index (χ3v) is 3.35. The highest BCUT2D eigenvalue weighted by atomic mass is 19.1. The van der Waals surface area contributed by atoms with Crippen LogP contribution in [0.4, 0.5) is 4.39 Å². The third-order valence-electron chi connectivity index (χ3n) is 3.35. The molecule has 1 fully saturated rings. The Labute approximate surface area is 112 Å². The number of halogens is 1. The van der Waals surface area contributed by atoms with Crippen LogP contribution in [0.2, 0.25) is 0 Å². The van der Waals surface area contributed by atoms with Crippen LogP contribution in [0, 0.1) is 11.7 Å². The molecule has 0 saturated carbocycles. The van der Waals surface area contributed by atoms with Crippen LogP contribution in [-0.2, 0) is 11.3 Å². The largest absolute Gasteiger partial charge is 0.350 e. The van der Waals surface area contributed by atoms with Gasteiger partial charge in [0.1, 0.15) is 5.82 Å². The van der Waals surface area contributed by atoms with Gasteiger partial charge in [-0.15, -0.1) is 0 Å². The first kappa shape index (κ1) is 13.9. The van der Waals surface area contributed by atoms with Gasteiger partial charge in [0.2, 0.25) is 5.91 Å². The molecule has 0 spiro atoms. The van der Waals surface area contributed by atoms with Crippen LogP contribution in [0.15, 0.2) is 18.3 Å². The number of rotatable bonds is 5. The molecule has 2 heterocycles. The van der Waals surface area contributed by atoms with Crippen molar-refractivity contribution in [3.8, 4) is 0 Å². The van der Waals surface area contributed by atoms with Crippen molar-refractivity contribution in [3.05, 3.63) is 29.8 Å². The molecule has 1 aliphatic rings. The fraction of sp³-hybridized carbons (Fsp3) is 0.538. The number of hydrogen-bond donors (Lipinski definition) is 2. The topological polar surface area (TPSA) is 71.2 Å². The van der Waals surface area contributed by atoms with Gasteiger partial charge in [0.15, 0.2) is 0 Å². The molecule has 1 aromatic heterocycles. The third kappa shape index (κ3) is 3.71. The molecular weight excluding hydrogens is 247 g/mol. The maximum atomic E-state index is 13.3. The van der Waals surface area contributed by atoms with E-state index < -0.39 is 0 Å². The second kappa shape index (κ2) is 6.58. The van der Waals surface area contributed by atoms with Crippen molar-refractivity contribution in [2.45, 2.75) is 13.0 Å². The lowest BCUT2D eigenvalue weighted by atomic mass is 10.1. The van der Waals surface area contributed by atoms with Gasteiger partial charge in [-0.2, -0.15) is 0 Å². The van der Waals surface area contributed by atoms with Gasteiger partial charge < -0.3 is 16.0 Å². The van der Waals surface area contributed by atoms with E-state index in [9.17, 15) is 9.18 Å². The fourth-order valence-electron chi connectivity index (χ4n) is 2.30. The summed E-state index contributed by atoms with van der Waals surface area (Å²) in [5.74, 6) is -0.457. The molecule has 104 valence electrons. The molecule has 0 radical (unpaired) electrons. The average Bonchev–Trinajstić information content (AvgIpc) is 2.87. The second-order valence-electron chi connectivity index (χ2n) is 4.72. The molecule has 0 aliphatic carbocycles. The quantitative estimate of drug-likeness (QED) is 0.794. The molecule has 3 N–H and O–H groups in total. The minimum Gasteiger partial charge on any atom is -0.350 e. The Morgan fingerprint density at radius 1 is 1.63 bits per heavy atom. The van der Waals surface area contributed by atoms with E-state index >= 15 is 0 Å². The molecular formula is C13H19FN4O. The summed E-state index contributed by atoms with van der Waals surface area (Å²) < 4.78 is 13.3. The standard InChI is InChI=1S/C13H19FN4O/c14-11-2-1-5-16-12(11)8-17-13(19)10-3-6-18(9-10)7-4-15/h1-2,5,10H,3-4,6-9,15H2,(H,17,19)/t10-/m1/s1. The summed E-state index contributed by atoms with van der Waals surface area (Å²) in [6, 6.07) is 2.87. The van der Waals surface area contributed by atoms with E-state index in [4.69, 9.17) is 5.73 Å². The molecule has 6 heteroatoms. The molecule has 1 saturated heterocycles. The van der Waals surface area contributed by atoms with Gasteiger partial charge in [0, 0.05) is 25.8 Å². The van der Waals surface area contributed by atoms with E-state index in [0.29, 0.717) is 6.54 Å². The summed E-state index contributed by atoms with van der Waals surface area (Å²) in [6.07, 6.45) is 2.35. The van der Waals surface area contributed by atoms with E-state index in [0.717, 1.165) is 26.1 Å². The summed E-state index contributed by atoms with van der Waals surface area (Å²) in [4.78, 5) is 18.0. The number of carbonyl (C=O) groups excluding carboxylic acids is 1. The maximum Gasteiger partial charge on any atom is 0.224 e. The lowest BCUT2D eigenvalue weighted by Crippen LogP contribution is -2.34. The first-order valence-corrected chi connectivity index (χ1v) is 6.50. The Morgan fingerprint density at radius 2 is 2.47 bits per heavy atom. The van der Waals surface area contributed by atoms with Crippen LogP contribution in [0.1, 0.15) is 12.1 Å². The van der Waals surface area contributed by atoms with Gasteiger partial charge >= 0.3 is 0 Å². The van der Waals surface area contributed by atoms with Crippen LogP contribution in [0.3, 0.4) is 0 Å². The predicted molar refractivity (Wildman–Crippen MR) is 69.6 cm³/mol. The van der Waals surface area contributed by atoms with Crippen LogP contribution in [-0.4, -0.2) is 42.0 Å². The average molecular weight is 266 g/mol. The highest BCUT2D eigenvalue weighted by molar-refractivity contribution is 5.79. The van der Waals surface area contributed by atoms with E-state index in [1.807, 2.05) is 0 Å². The van der Waals surface area contributed by atoms with Gasteiger partial charge in [-0.25, -0.2) is 4.39 Å². The number of nitrogens with one attached hydrogen (secondary N) is 1. The van der Waals surface area contributed by atoms with Gasteiger partial charge in [0.05, 0.1) is 18.2 Å². The number of nitrogens with two attached hydrogens (primary N) is 1. The zero-order chi connectivity index (χ0) is 13.7. The SMILES string of the molecule is NCCN1CC[C@@H](C(=O)NCc2ncccc2F)C1. The lowest BCUT2D eigenvalue weighted by molar-refractivity contribution is -0.124. The Morgan fingerprint density at radius 3 is 3.21 bits per heavy atom. The lowest BCUT2D eigenvalue weighted by Gasteiger charge is -2.14. The number of carbonyl (C=O) groups is 1. The van der Waals surface area contributed by atoms with E-state index in [1.54, 1.807) is 0 Å². The second-order valence-corrected chi connectivity index (χ2v) is 4.72. The molecule has 0 bridgehead atoms. The smallest absolute Gasteiger partial charge is 0.224 e. The van der Waals surface area contributed by atoms with Crippen molar-refractivity contribution >= 4 is 5.91 Å². The summed E-state index contributed by atoms with van der Waals surface area (Å²) in [6.45, 7) is 3.19. The van der Waals surface area contributed by atoms with Crippen LogP contribution in [0.25, 0.3) is 0 Å². The molecule has 1 aromatic rings. The monoisotopic (exact) mass is 266 g/mol. The number of amides is 1. The van der Waals surface area contributed by atoms with Gasteiger partial charge in [-0.05, 0) is 25.1 Å². The number of aromatic nitrogens is 1. The Hall–Kier alpha value is -1.53. The van der Waals surface area contributed by atoms with E-state index in [2.05, 4.69) is 15.2 Å². The Balaban J connectivity index is 1.81. The summed E-state index contributed by atoms with van der Waals surface area (Å²) in [5, 5.41) is 2.75. The van der Waals surface area contributed by atoms with Crippen molar-refractivity contribution in [1.29, 1.82) is 0 Å². The van der Waals surface area contributed by atoms with E-state index in [1.165, 1.54) is 18.3 Å². The highest BCUT2D eigenvalue weighted by Gasteiger charge is 2.27. The summed E-state index contributed by atoms with van der Waals surface area (Å²) in [5.41, 5.74) is 5.76. The van der Waals surface area contributed by atoms with Crippen molar-refractivity contribution in [2.24, 2.45) is 11.7 Å². The molecule has 2 rings (SSSR count). The van der Waals surface area contributed by atoms with Crippen LogP contribution >= 0.6 is 0 Å². The number of nitrogens with zero attached hydrogens (tertiary/aromatic N) is 2.